The minimum absolute atomic E-state index is 0.0926. The number of ether oxygens (including phenoxy) is 1. The molecule has 0 spiro atoms. The number of nitrogens with zero attached hydrogens (tertiary/aromatic N) is 5. The summed E-state index contributed by atoms with van der Waals surface area (Å²) in [6.45, 7) is 1.79. The number of hydrogen-bond donors (Lipinski definition) is 3. The van der Waals surface area contributed by atoms with Crippen LogP contribution in [0.5, 0.6) is 5.88 Å². The number of carbonyl (C=O) groups excluding carboxylic acids is 1. The zero-order chi connectivity index (χ0) is 17.8. The van der Waals surface area contributed by atoms with Crippen LogP contribution in [0, 0.1) is 0 Å². The summed E-state index contributed by atoms with van der Waals surface area (Å²) < 4.78 is 6.79. The predicted octanol–water partition coefficient (Wildman–Crippen LogP) is 0.374. The summed E-state index contributed by atoms with van der Waals surface area (Å²) in [5.41, 5.74) is 7.22. The number of imidazole rings is 1. The van der Waals surface area contributed by atoms with Crippen molar-refractivity contribution in [2.45, 2.75) is 13.0 Å². The van der Waals surface area contributed by atoms with E-state index in [1.54, 1.807) is 23.6 Å². The molecule has 3 rings (SSSR count). The second-order valence-electron chi connectivity index (χ2n) is 5.21. The molecule has 25 heavy (non-hydrogen) atoms. The number of fused-ring (bicyclic) bond motifs is 1. The number of aliphatic hydroxyl groups is 1. The summed E-state index contributed by atoms with van der Waals surface area (Å²) in [5, 5.41) is 11.5. The number of pyridine rings is 1. The van der Waals surface area contributed by atoms with Crippen LogP contribution in [-0.2, 0) is 4.79 Å². The van der Waals surface area contributed by atoms with Crippen LogP contribution in [0.4, 0.5) is 11.5 Å². The Morgan fingerprint density at radius 3 is 2.92 bits per heavy atom. The number of nitrogens with two attached hydrogens (primary N) is 1. The Morgan fingerprint density at radius 1 is 1.36 bits per heavy atom. The van der Waals surface area contributed by atoms with E-state index in [4.69, 9.17) is 15.6 Å². The van der Waals surface area contributed by atoms with Gasteiger partial charge in [0, 0.05) is 6.07 Å². The topological polar surface area (TPSA) is 141 Å². The molecular formula is C15H17N7O3. The second-order valence-corrected chi connectivity index (χ2v) is 5.21. The molecule has 3 aromatic rings. The molecule has 0 aliphatic rings. The van der Waals surface area contributed by atoms with Gasteiger partial charge in [0.25, 0.3) is 0 Å². The second kappa shape index (κ2) is 7.09. The van der Waals surface area contributed by atoms with Crippen molar-refractivity contribution < 1.29 is 14.6 Å². The molecule has 0 aliphatic carbocycles. The van der Waals surface area contributed by atoms with Crippen molar-refractivity contribution in [1.82, 2.24) is 24.5 Å². The van der Waals surface area contributed by atoms with E-state index < -0.39 is 6.04 Å². The first-order chi connectivity index (χ1) is 12.1. The molecule has 0 aliphatic heterocycles. The van der Waals surface area contributed by atoms with Crippen LogP contribution in [0.1, 0.15) is 13.0 Å². The zero-order valence-electron chi connectivity index (χ0n) is 13.5. The minimum Gasteiger partial charge on any atom is -0.475 e. The largest absolute Gasteiger partial charge is 0.475 e. The van der Waals surface area contributed by atoms with Gasteiger partial charge in [-0.25, -0.2) is 19.9 Å². The summed E-state index contributed by atoms with van der Waals surface area (Å²) in [5.74, 6) is 0.370. The van der Waals surface area contributed by atoms with Crippen molar-refractivity contribution >= 4 is 28.6 Å². The van der Waals surface area contributed by atoms with Gasteiger partial charge in [-0.2, -0.15) is 0 Å². The van der Waals surface area contributed by atoms with E-state index >= 15 is 0 Å². The predicted molar refractivity (Wildman–Crippen MR) is 89.9 cm³/mol. The maximum absolute atomic E-state index is 12.5. The van der Waals surface area contributed by atoms with Gasteiger partial charge >= 0.3 is 0 Å². The molecule has 130 valence electrons. The highest BCUT2D eigenvalue weighted by Crippen LogP contribution is 2.20. The maximum Gasteiger partial charge on any atom is 0.247 e. The van der Waals surface area contributed by atoms with Crippen LogP contribution < -0.4 is 15.8 Å². The average Bonchev–Trinajstić information content (AvgIpc) is 3.06. The summed E-state index contributed by atoms with van der Waals surface area (Å²) in [4.78, 5) is 28.7. The maximum atomic E-state index is 12.5. The first-order valence-electron chi connectivity index (χ1n) is 7.53. The number of anilines is 2. The van der Waals surface area contributed by atoms with Gasteiger partial charge in [0.1, 0.15) is 24.5 Å². The van der Waals surface area contributed by atoms with E-state index in [9.17, 15) is 4.79 Å². The third-order valence-electron chi connectivity index (χ3n) is 3.53. The van der Waals surface area contributed by atoms with Gasteiger partial charge in [-0.1, -0.05) is 0 Å². The number of aliphatic hydroxyl groups excluding tert-OH is 1. The van der Waals surface area contributed by atoms with Crippen LogP contribution in [0.2, 0.25) is 0 Å². The third-order valence-corrected chi connectivity index (χ3v) is 3.53. The number of aromatic nitrogens is 5. The quantitative estimate of drug-likeness (QED) is 0.583. The summed E-state index contributed by atoms with van der Waals surface area (Å²) in [6.07, 6.45) is 4.31. The molecule has 0 saturated carbocycles. The SMILES string of the molecule is CC(C(=O)Nc1ccc(OCCO)nc1)n1cnc2c(N)ncnc21. The highest BCUT2D eigenvalue weighted by atomic mass is 16.5. The normalized spacial score (nSPS) is 12.1. The molecule has 0 radical (unpaired) electrons. The standard InChI is InChI=1S/C15H17N7O3/c1-9(22-8-20-12-13(16)18-7-19-14(12)22)15(24)21-10-2-3-11(17-6-10)25-5-4-23/h2-3,6-9,23H,4-5H2,1H3,(H,21,24)(H2,16,18,19). The summed E-state index contributed by atoms with van der Waals surface area (Å²) in [6, 6.07) is 2.71. The number of rotatable bonds is 6. The van der Waals surface area contributed by atoms with Crippen molar-refractivity contribution in [2.24, 2.45) is 0 Å². The fourth-order valence-electron chi connectivity index (χ4n) is 2.22. The van der Waals surface area contributed by atoms with Crippen molar-refractivity contribution in [3.63, 3.8) is 0 Å². The molecule has 3 heterocycles. The van der Waals surface area contributed by atoms with E-state index in [1.165, 1.54) is 18.9 Å². The Balaban J connectivity index is 1.73. The van der Waals surface area contributed by atoms with Crippen molar-refractivity contribution in [3.8, 4) is 5.88 Å². The molecular weight excluding hydrogens is 326 g/mol. The molecule has 1 unspecified atom stereocenters. The first kappa shape index (κ1) is 16.6. The van der Waals surface area contributed by atoms with Gasteiger partial charge in [-0.3, -0.25) is 4.79 Å². The lowest BCUT2D eigenvalue weighted by atomic mass is 10.3. The summed E-state index contributed by atoms with van der Waals surface area (Å²) >= 11 is 0. The number of nitrogens with one attached hydrogen (secondary N) is 1. The van der Waals surface area contributed by atoms with Crippen molar-refractivity contribution in [1.29, 1.82) is 0 Å². The molecule has 0 bridgehead atoms. The molecule has 3 aromatic heterocycles. The van der Waals surface area contributed by atoms with Crippen LogP contribution in [0.15, 0.2) is 31.0 Å². The third kappa shape index (κ3) is 3.48. The molecule has 1 amide bonds. The lowest BCUT2D eigenvalue weighted by Crippen LogP contribution is -2.23. The van der Waals surface area contributed by atoms with Crippen LogP contribution >= 0.6 is 0 Å². The van der Waals surface area contributed by atoms with E-state index in [1.807, 2.05) is 0 Å². The molecule has 10 nitrogen and oxygen atoms in total. The van der Waals surface area contributed by atoms with Gasteiger partial charge in [0.2, 0.25) is 11.8 Å². The van der Waals surface area contributed by atoms with E-state index in [0.717, 1.165) is 0 Å². The number of amides is 1. The average molecular weight is 343 g/mol. The number of hydrogen-bond acceptors (Lipinski definition) is 8. The van der Waals surface area contributed by atoms with Crippen LogP contribution in [-0.4, -0.2) is 48.7 Å². The highest BCUT2D eigenvalue weighted by Gasteiger charge is 2.19. The van der Waals surface area contributed by atoms with Gasteiger partial charge in [0.05, 0.1) is 24.8 Å². The fraction of sp³-hybridized carbons (Fsp3) is 0.267. The Morgan fingerprint density at radius 2 is 2.20 bits per heavy atom. The highest BCUT2D eigenvalue weighted by molar-refractivity contribution is 5.94. The Bertz CT molecular complexity index is 878. The Kier molecular flexibility index (Phi) is 4.70. The molecule has 0 fully saturated rings. The van der Waals surface area contributed by atoms with E-state index in [0.29, 0.717) is 22.7 Å². The zero-order valence-corrected chi connectivity index (χ0v) is 13.5. The minimum atomic E-state index is -0.565. The first-order valence-corrected chi connectivity index (χ1v) is 7.53. The van der Waals surface area contributed by atoms with E-state index in [2.05, 4.69) is 25.3 Å². The van der Waals surface area contributed by atoms with Gasteiger partial charge in [-0.05, 0) is 13.0 Å². The number of nitrogen functional groups attached to an aromatic ring is 1. The fourth-order valence-corrected chi connectivity index (χ4v) is 2.22. The van der Waals surface area contributed by atoms with Gasteiger partial charge in [0.15, 0.2) is 11.5 Å². The lowest BCUT2D eigenvalue weighted by molar-refractivity contribution is -0.118. The monoisotopic (exact) mass is 343 g/mol. The molecule has 1 atom stereocenters. The van der Waals surface area contributed by atoms with Crippen molar-refractivity contribution in [3.05, 3.63) is 31.0 Å². The molecule has 0 saturated heterocycles. The molecule has 0 aromatic carbocycles. The Labute approximate surface area is 142 Å². The molecule has 10 heteroatoms. The number of carbonyl (C=O) groups is 1. The smallest absolute Gasteiger partial charge is 0.247 e. The van der Waals surface area contributed by atoms with Crippen LogP contribution in [0.25, 0.3) is 11.2 Å². The Hall–Kier alpha value is -3.27. The lowest BCUT2D eigenvalue weighted by Gasteiger charge is -2.14. The summed E-state index contributed by atoms with van der Waals surface area (Å²) in [7, 11) is 0. The molecule has 4 N–H and O–H groups in total. The van der Waals surface area contributed by atoms with Gasteiger partial charge < -0.3 is 25.5 Å². The van der Waals surface area contributed by atoms with Gasteiger partial charge in [-0.15, -0.1) is 0 Å². The van der Waals surface area contributed by atoms with E-state index in [-0.39, 0.29) is 24.9 Å². The van der Waals surface area contributed by atoms with Crippen molar-refractivity contribution in [2.75, 3.05) is 24.3 Å². The van der Waals surface area contributed by atoms with Crippen LogP contribution in [0.3, 0.4) is 0 Å².